The molecule has 0 radical (unpaired) electrons. The highest BCUT2D eigenvalue weighted by molar-refractivity contribution is 5.81. The van der Waals surface area contributed by atoms with Gasteiger partial charge in [-0.1, -0.05) is 0 Å². The number of rotatable bonds is 3. The van der Waals surface area contributed by atoms with Gasteiger partial charge in [0.15, 0.2) is 0 Å². The average molecular weight is 219 g/mol. The fourth-order valence-electron chi connectivity index (χ4n) is 1.09. The van der Waals surface area contributed by atoms with Crippen molar-refractivity contribution in [1.82, 2.24) is 4.98 Å². The smallest absolute Gasteiger partial charge is 0.328 e. The van der Waals surface area contributed by atoms with Gasteiger partial charge >= 0.3 is 5.97 Å². The minimum atomic E-state index is -1.16. The van der Waals surface area contributed by atoms with Gasteiger partial charge in [0.1, 0.15) is 17.4 Å². The molecule has 5 heteroatoms. The van der Waals surface area contributed by atoms with Crippen molar-refractivity contribution in [1.29, 1.82) is 5.26 Å². The maximum absolute atomic E-state index is 10.9. The van der Waals surface area contributed by atoms with Crippen molar-refractivity contribution in [2.75, 3.05) is 5.32 Å². The molecule has 5 nitrogen and oxygen atoms in total. The molecule has 0 aliphatic carbocycles. The van der Waals surface area contributed by atoms with Gasteiger partial charge in [0, 0.05) is 5.69 Å². The summed E-state index contributed by atoms with van der Waals surface area (Å²) in [5, 5.41) is 20.6. The molecule has 0 aliphatic rings. The van der Waals surface area contributed by atoms with Gasteiger partial charge in [-0.3, -0.25) is 0 Å². The van der Waals surface area contributed by atoms with Crippen LogP contribution in [0.15, 0.2) is 12.1 Å². The lowest BCUT2D eigenvalue weighted by Gasteiger charge is -2.22. The molecule has 1 rings (SSSR count). The zero-order valence-corrected chi connectivity index (χ0v) is 9.40. The normalized spacial score (nSPS) is 10.6. The van der Waals surface area contributed by atoms with Crippen LogP contribution in [-0.2, 0) is 4.79 Å². The van der Waals surface area contributed by atoms with E-state index < -0.39 is 11.5 Å². The average Bonchev–Trinajstić information content (AvgIpc) is 2.17. The van der Waals surface area contributed by atoms with E-state index in [2.05, 4.69) is 10.3 Å². The Bertz CT molecular complexity index is 461. The minimum Gasteiger partial charge on any atom is -0.480 e. The van der Waals surface area contributed by atoms with E-state index in [0.717, 1.165) is 5.69 Å². The minimum absolute atomic E-state index is 0.301. The van der Waals surface area contributed by atoms with Crippen LogP contribution in [0.2, 0.25) is 0 Å². The maximum Gasteiger partial charge on any atom is 0.328 e. The molecule has 1 heterocycles. The molecule has 0 bridgehead atoms. The van der Waals surface area contributed by atoms with Crippen LogP contribution in [0.5, 0.6) is 0 Å². The number of nitriles is 1. The lowest BCUT2D eigenvalue weighted by molar-refractivity contribution is -0.141. The van der Waals surface area contributed by atoms with Gasteiger partial charge in [-0.2, -0.15) is 5.26 Å². The molecular weight excluding hydrogens is 206 g/mol. The van der Waals surface area contributed by atoms with Crippen molar-refractivity contribution in [3.8, 4) is 6.07 Å². The standard InChI is InChI=1S/C11H13N3O2/c1-7-4-5-8(6-12)9(13-7)14-11(2,3)10(15)16/h4-5H,1-3H3,(H,13,14)(H,15,16). The second kappa shape index (κ2) is 4.19. The van der Waals surface area contributed by atoms with Crippen LogP contribution in [0.4, 0.5) is 5.82 Å². The molecule has 0 saturated heterocycles. The molecule has 0 fully saturated rings. The second-order valence-electron chi connectivity index (χ2n) is 4.02. The van der Waals surface area contributed by atoms with Crippen LogP contribution in [0.1, 0.15) is 25.1 Å². The number of carboxylic acid groups (broad SMARTS) is 1. The Kier molecular flexibility index (Phi) is 3.14. The summed E-state index contributed by atoms with van der Waals surface area (Å²) in [6.07, 6.45) is 0. The molecule has 1 aromatic heterocycles. The van der Waals surface area contributed by atoms with Gasteiger partial charge in [-0.25, -0.2) is 9.78 Å². The quantitative estimate of drug-likeness (QED) is 0.805. The molecule has 0 saturated carbocycles. The molecule has 0 atom stereocenters. The molecule has 0 unspecified atom stereocenters. The number of aryl methyl sites for hydroxylation is 1. The number of aliphatic carboxylic acids is 1. The first kappa shape index (κ1) is 12.0. The topological polar surface area (TPSA) is 86.0 Å². The van der Waals surface area contributed by atoms with Crippen molar-refractivity contribution in [2.45, 2.75) is 26.3 Å². The molecule has 0 aliphatic heterocycles. The summed E-state index contributed by atoms with van der Waals surface area (Å²) in [6.45, 7) is 4.81. The van der Waals surface area contributed by atoms with Crippen molar-refractivity contribution in [3.63, 3.8) is 0 Å². The zero-order valence-electron chi connectivity index (χ0n) is 9.40. The molecule has 0 aromatic carbocycles. The van der Waals surface area contributed by atoms with Crippen LogP contribution in [-0.4, -0.2) is 21.6 Å². The molecule has 84 valence electrons. The largest absolute Gasteiger partial charge is 0.480 e. The number of hydrogen-bond donors (Lipinski definition) is 2. The lowest BCUT2D eigenvalue weighted by atomic mass is 10.1. The van der Waals surface area contributed by atoms with Gasteiger partial charge in [0.2, 0.25) is 0 Å². The maximum atomic E-state index is 10.9. The van der Waals surface area contributed by atoms with Crippen LogP contribution >= 0.6 is 0 Å². The molecule has 2 N–H and O–H groups in total. The Hall–Kier alpha value is -2.09. The number of anilines is 1. The van der Waals surface area contributed by atoms with Crippen molar-refractivity contribution >= 4 is 11.8 Å². The summed E-state index contributed by atoms with van der Waals surface area (Å²) in [6, 6.07) is 5.29. The molecule has 0 spiro atoms. The van der Waals surface area contributed by atoms with Crippen LogP contribution < -0.4 is 5.32 Å². The third-order valence-corrected chi connectivity index (χ3v) is 2.12. The van der Waals surface area contributed by atoms with Gasteiger partial charge in [0.05, 0.1) is 5.56 Å². The van der Waals surface area contributed by atoms with Crippen molar-refractivity contribution in [3.05, 3.63) is 23.4 Å². The van der Waals surface area contributed by atoms with Gasteiger partial charge in [0.25, 0.3) is 0 Å². The van der Waals surface area contributed by atoms with E-state index in [1.807, 2.05) is 6.07 Å². The molecule has 1 aromatic rings. The third-order valence-electron chi connectivity index (χ3n) is 2.12. The number of hydrogen-bond acceptors (Lipinski definition) is 4. The summed E-state index contributed by atoms with van der Waals surface area (Å²) >= 11 is 0. The van der Waals surface area contributed by atoms with E-state index in [9.17, 15) is 4.79 Å². The summed E-state index contributed by atoms with van der Waals surface area (Å²) in [5.41, 5.74) is -0.102. The van der Waals surface area contributed by atoms with Gasteiger partial charge in [-0.15, -0.1) is 0 Å². The SMILES string of the molecule is Cc1ccc(C#N)c(NC(C)(C)C(=O)O)n1. The highest BCUT2D eigenvalue weighted by atomic mass is 16.4. The number of carbonyl (C=O) groups is 1. The Morgan fingerprint density at radius 3 is 2.69 bits per heavy atom. The fourth-order valence-corrected chi connectivity index (χ4v) is 1.09. The Balaban J connectivity index is 3.10. The Morgan fingerprint density at radius 1 is 1.56 bits per heavy atom. The predicted octanol–water partition coefficient (Wildman–Crippen LogP) is 1.54. The van der Waals surface area contributed by atoms with Crippen LogP contribution in [0.3, 0.4) is 0 Å². The third kappa shape index (κ3) is 2.48. The molecule has 0 amide bonds. The van der Waals surface area contributed by atoms with E-state index in [1.165, 1.54) is 13.8 Å². The summed E-state index contributed by atoms with van der Waals surface area (Å²) in [4.78, 5) is 15.1. The van der Waals surface area contributed by atoms with Crippen LogP contribution in [0.25, 0.3) is 0 Å². The highest BCUT2D eigenvalue weighted by Crippen LogP contribution is 2.17. The number of pyridine rings is 1. The number of nitrogens with one attached hydrogen (secondary N) is 1. The zero-order chi connectivity index (χ0) is 12.3. The summed E-state index contributed by atoms with van der Waals surface area (Å²) in [7, 11) is 0. The number of carboxylic acids is 1. The Labute approximate surface area is 93.7 Å². The first-order valence-electron chi connectivity index (χ1n) is 4.76. The first-order valence-corrected chi connectivity index (χ1v) is 4.76. The van der Waals surface area contributed by atoms with Gasteiger partial charge < -0.3 is 10.4 Å². The van der Waals surface area contributed by atoms with E-state index in [1.54, 1.807) is 19.1 Å². The van der Waals surface area contributed by atoms with Crippen molar-refractivity contribution < 1.29 is 9.90 Å². The monoisotopic (exact) mass is 219 g/mol. The summed E-state index contributed by atoms with van der Waals surface area (Å²) in [5.74, 6) is -0.699. The first-order chi connectivity index (χ1) is 7.36. The highest BCUT2D eigenvalue weighted by Gasteiger charge is 2.28. The summed E-state index contributed by atoms with van der Waals surface area (Å²) < 4.78 is 0. The fraction of sp³-hybridized carbons (Fsp3) is 0.364. The predicted molar refractivity (Wildman–Crippen MR) is 59.0 cm³/mol. The number of nitrogens with zero attached hydrogens (tertiary/aromatic N) is 2. The van der Waals surface area contributed by atoms with E-state index in [4.69, 9.17) is 10.4 Å². The van der Waals surface area contributed by atoms with Gasteiger partial charge in [-0.05, 0) is 32.9 Å². The van der Waals surface area contributed by atoms with E-state index in [0.29, 0.717) is 11.4 Å². The number of aromatic nitrogens is 1. The lowest BCUT2D eigenvalue weighted by Crippen LogP contribution is -2.40. The van der Waals surface area contributed by atoms with Crippen molar-refractivity contribution in [2.24, 2.45) is 0 Å². The second-order valence-corrected chi connectivity index (χ2v) is 4.02. The molecule has 16 heavy (non-hydrogen) atoms. The van der Waals surface area contributed by atoms with E-state index >= 15 is 0 Å². The molecular formula is C11H13N3O2. The van der Waals surface area contributed by atoms with Crippen LogP contribution in [0, 0.1) is 18.3 Å². The Morgan fingerprint density at radius 2 is 2.19 bits per heavy atom. The van der Waals surface area contributed by atoms with E-state index in [-0.39, 0.29) is 0 Å².